The topological polar surface area (TPSA) is 56.7 Å². The highest BCUT2D eigenvalue weighted by molar-refractivity contribution is 14.0. The second kappa shape index (κ2) is 11.6. The van der Waals surface area contributed by atoms with Gasteiger partial charge in [0.05, 0.1) is 10.9 Å². The predicted octanol–water partition coefficient (Wildman–Crippen LogP) is 4.44. The van der Waals surface area contributed by atoms with Crippen LogP contribution in [0, 0.1) is 0 Å². The number of aliphatic imine (C=N–C) groups is 1. The van der Waals surface area contributed by atoms with E-state index in [0.717, 1.165) is 54.0 Å². The number of nitrogens with zero attached hydrogens (tertiary/aromatic N) is 2. The summed E-state index contributed by atoms with van der Waals surface area (Å²) in [7, 11) is 0. The minimum Gasteiger partial charge on any atom is -0.357 e. The molecule has 1 saturated heterocycles. The molecule has 1 aromatic heterocycles. The lowest BCUT2D eigenvalue weighted by Gasteiger charge is -2.16. The molecule has 1 fully saturated rings. The van der Waals surface area contributed by atoms with Crippen molar-refractivity contribution in [3.8, 4) is 0 Å². The molecule has 28 heavy (non-hydrogen) atoms. The van der Waals surface area contributed by atoms with Crippen molar-refractivity contribution < 1.29 is 4.79 Å². The van der Waals surface area contributed by atoms with Crippen LogP contribution in [0.15, 0.2) is 41.4 Å². The van der Waals surface area contributed by atoms with Crippen molar-refractivity contribution in [3.05, 3.63) is 51.2 Å². The second-order valence-corrected chi connectivity index (χ2v) is 8.19. The van der Waals surface area contributed by atoms with Crippen LogP contribution < -0.4 is 15.5 Å². The number of nitrogens with one attached hydrogen (secondary N) is 2. The molecule has 5 nitrogen and oxygen atoms in total. The van der Waals surface area contributed by atoms with Gasteiger partial charge in [-0.05, 0) is 49.6 Å². The average Bonchev–Trinajstić information content (AvgIpc) is 3.28. The Morgan fingerprint density at radius 2 is 2.00 bits per heavy atom. The van der Waals surface area contributed by atoms with E-state index in [1.165, 1.54) is 4.88 Å². The van der Waals surface area contributed by atoms with E-state index in [9.17, 15) is 4.79 Å². The molecule has 0 spiro atoms. The summed E-state index contributed by atoms with van der Waals surface area (Å²) < 4.78 is 0.824. The van der Waals surface area contributed by atoms with Crippen LogP contribution in [0.2, 0.25) is 4.34 Å². The molecule has 0 radical (unpaired) electrons. The van der Waals surface area contributed by atoms with E-state index >= 15 is 0 Å². The van der Waals surface area contributed by atoms with Crippen LogP contribution in [0.3, 0.4) is 0 Å². The smallest absolute Gasteiger partial charge is 0.227 e. The fraction of sp³-hybridized carbons (Fsp3) is 0.400. The maximum atomic E-state index is 11.8. The maximum Gasteiger partial charge on any atom is 0.227 e. The lowest BCUT2D eigenvalue weighted by molar-refractivity contribution is -0.117. The predicted molar refractivity (Wildman–Crippen MR) is 129 cm³/mol. The molecule has 0 atom stereocenters. The molecule has 1 aromatic carbocycles. The average molecular weight is 533 g/mol. The van der Waals surface area contributed by atoms with E-state index < -0.39 is 0 Å². The fourth-order valence-electron chi connectivity index (χ4n) is 3.00. The van der Waals surface area contributed by atoms with Crippen molar-refractivity contribution in [1.29, 1.82) is 0 Å². The molecule has 152 valence electrons. The van der Waals surface area contributed by atoms with Gasteiger partial charge in [0.1, 0.15) is 0 Å². The first-order valence-corrected chi connectivity index (χ1v) is 10.5. The highest BCUT2D eigenvalue weighted by atomic mass is 127. The Bertz CT molecular complexity index is 794. The van der Waals surface area contributed by atoms with Crippen molar-refractivity contribution >= 4 is 64.5 Å². The lowest BCUT2D eigenvalue weighted by atomic mass is 10.2. The molecule has 2 aromatic rings. The molecule has 2 heterocycles. The number of benzene rings is 1. The van der Waals surface area contributed by atoms with Crippen LogP contribution in [0.5, 0.6) is 0 Å². The monoisotopic (exact) mass is 532 g/mol. The zero-order valence-electron chi connectivity index (χ0n) is 15.9. The van der Waals surface area contributed by atoms with Crippen molar-refractivity contribution in [2.45, 2.75) is 32.7 Å². The molecular weight excluding hydrogens is 507 g/mol. The Morgan fingerprint density at radius 1 is 1.21 bits per heavy atom. The summed E-state index contributed by atoms with van der Waals surface area (Å²) in [5.74, 6) is 1.02. The first kappa shape index (κ1) is 23.0. The number of amides is 1. The molecule has 0 saturated carbocycles. The first-order valence-electron chi connectivity index (χ1n) is 9.31. The third-order valence-electron chi connectivity index (χ3n) is 4.38. The highest BCUT2D eigenvalue weighted by Gasteiger charge is 2.21. The standard InChI is InChI=1S/C20H25ClN4OS.HI/c1-2-22-20(23-12-11-17-9-10-18(21)27-17)24-14-15-5-7-16(8-6-15)25-13-3-4-19(25)26;/h5-10H,2-4,11-14H2,1H3,(H2,22,23,24);1H. The van der Waals surface area contributed by atoms with Gasteiger partial charge in [0.2, 0.25) is 5.91 Å². The molecule has 1 amide bonds. The quantitative estimate of drug-likeness (QED) is 0.315. The van der Waals surface area contributed by atoms with Gasteiger partial charge in [-0.25, -0.2) is 4.99 Å². The zero-order chi connectivity index (χ0) is 19.1. The van der Waals surface area contributed by atoms with Gasteiger partial charge in [-0.2, -0.15) is 0 Å². The van der Waals surface area contributed by atoms with E-state index in [4.69, 9.17) is 11.6 Å². The van der Waals surface area contributed by atoms with Gasteiger partial charge < -0.3 is 15.5 Å². The number of hydrogen-bond donors (Lipinski definition) is 2. The van der Waals surface area contributed by atoms with Crippen LogP contribution in [-0.4, -0.2) is 31.5 Å². The molecule has 0 bridgehead atoms. The Balaban J connectivity index is 0.00000280. The molecular formula is C20H26ClIN4OS. The molecule has 3 rings (SSSR count). The summed E-state index contributed by atoms with van der Waals surface area (Å²) in [5.41, 5.74) is 2.09. The van der Waals surface area contributed by atoms with Gasteiger partial charge in [-0.3, -0.25) is 4.79 Å². The van der Waals surface area contributed by atoms with Crippen molar-refractivity contribution in [1.82, 2.24) is 10.6 Å². The second-order valence-electron chi connectivity index (χ2n) is 6.39. The number of anilines is 1. The van der Waals surface area contributed by atoms with Gasteiger partial charge >= 0.3 is 0 Å². The van der Waals surface area contributed by atoms with Gasteiger partial charge in [-0.1, -0.05) is 23.7 Å². The first-order chi connectivity index (χ1) is 13.2. The summed E-state index contributed by atoms with van der Waals surface area (Å²) in [5, 5.41) is 6.63. The van der Waals surface area contributed by atoms with Gasteiger partial charge in [0.25, 0.3) is 0 Å². The van der Waals surface area contributed by atoms with Crippen molar-refractivity contribution in [3.63, 3.8) is 0 Å². The highest BCUT2D eigenvalue weighted by Crippen LogP contribution is 2.22. The van der Waals surface area contributed by atoms with E-state index in [2.05, 4.69) is 28.6 Å². The molecule has 2 N–H and O–H groups in total. The van der Waals surface area contributed by atoms with Crippen LogP contribution >= 0.6 is 46.9 Å². The molecule has 0 unspecified atom stereocenters. The van der Waals surface area contributed by atoms with E-state index in [-0.39, 0.29) is 29.9 Å². The Kier molecular flexibility index (Phi) is 9.53. The van der Waals surface area contributed by atoms with E-state index in [0.29, 0.717) is 13.0 Å². The van der Waals surface area contributed by atoms with Crippen molar-refractivity contribution in [2.75, 3.05) is 24.5 Å². The van der Waals surface area contributed by atoms with Crippen LogP contribution in [-0.2, 0) is 17.8 Å². The van der Waals surface area contributed by atoms with E-state index in [1.54, 1.807) is 11.3 Å². The molecule has 8 heteroatoms. The minimum atomic E-state index is 0. The van der Waals surface area contributed by atoms with Gasteiger partial charge in [-0.15, -0.1) is 35.3 Å². The number of carbonyl (C=O) groups is 1. The maximum absolute atomic E-state index is 11.8. The number of hydrogen-bond acceptors (Lipinski definition) is 3. The van der Waals surface area contributed by atoms with Gasteiger partial charge in [0.15, 0.2) is 5.96 Å². The fourth-order valence-corrected chi connectivity index (χ4v) is 4.09. The SMILES string of the molecule is CCNC(=NCc1ccc(N2CCCC2=O)cc1)NCCc1ccc(Cl)s1.I. The van der Waals surface area contributed by atoms with Crippen LogP contribution in [0.4, 0.5) is 5.69 Å². The largest absolute Gasteiger partial charge is 0.357 e. The Hall–Kier alpha value is -1.32. The van der Waals surface area contributed by atoms with Crippen LogP contribution in [0.1, 0.15) is 30.2 Å². The molecule has 0 aliphatic carbocycles. The van der Waals surface area contributed by atoms with E-state index in [1.807, 2.05) is 35.2 Å². The number of rotatable bonds is 7. The Morgan fingerprint density at radius 3 is 2.61 bits per heavy atom. The number of halogens is 2. The summed E-state index contributed by atoms with van der Waals surface area (Å²) in [6.07, 6.45) is 2.52. The minimum absolute atomic E-state index is 0. The third-order valence-corrected chi connectivity index (χ3v) is 5.67. The number of carbonyl (C=O) groups excluding carboxylic acids is 1. The number of thiophene rings is 1. The van der Waals surface area contributed by atoms with Crippen LogP contribution in [0.25, 0.3) is 0 Å². The third kappa shape index (κ3) is 6.63. The number of guanidine groups is 1. The summed E-state index contributed by atoms with van der Waals surface area (Å²) in [6, 6.07) is 12.1. The lowest BCUT2D eigenvalue weighted by Crippen LogP contribution is -2.38. The summed E-state index contributed by atoms with van der Waals surface area (Å²) in [6.45, 7) is 5.08. The molecule has 1 aliphatic heterocycles. The van der Waals surface area contributed by atoms with Gasteiger partial charge in [0, 0.05) is 36.6 Å². The molecule has 1 aliphatic rings. The zero-order valence-corrected chi connectivity index (χ0v) is 19.8. The van der Waals surface area contributed by atoms with Crippen molar-refractivity contribution in [2.24, 2.45) is 4.99 Å². The summed E-state index contributed by atoms with van der Waals surface area (Å²) in [4.78, 5) is 19.6. The normalized spacial score (nSPS) is 14.1. The Labute approximate surface area is 192 Å². The summed E-state index contributed by atoms with van der Waals surface area (Å²) >= 11 is 7.58.